The molecular weight excluding hydrogens is 342 g/mol. The predicted molar refractivity (Wildman–Crippen MR) is 108 cm³/mol. The van der Waals surface area contributed by atoms with Gasteiger partial charge in [-0.2, -0.15) is 0 Å². The quantitative estimate of drug-likeness (QED) is 0.642. The van der Waals surface area contributed by atoms with E-state index in [9.17, 15) is 4.79 Å². The molecule has 2 aromatic rings. The van der Waals surface area contributed by atoms with Gasteiger partial charge in [-0.15, -0.1) is 0 Å². The summed E-state index contributed by atoms with van der Waals surface area (Å²) in [6.07, 6.45) is 1.34. The van der Waals surface area contributed by atoms with E-state index in [1.54, 1.807) is 38.4 Å². The molecule has 0 saturated heterocycles. The van der Waals surface area contributed by atoms with Gasteiger partial charge in [0.2, 0.25) is 5.91 Å². The minimum absolute atomic E-state index is 0.0785. The van der Waals surface area contributed by atoms with Crippen LogP contribution in [0.15, 0.2) is 42.5 Å². The zero-order valence-corrected chi connectivity index (χ0v) is 16.8. The monoisotopic (exact) mass is 371 g/mol. The Morgan fingerprint density at radius 2 is 1.56 bits per heavy atom. The number of amides is 1. The number of carbonyl (C=O) groups is 1. The van der Waals surface area contributed by atoms with Gasteiger partial charge in [0.25, 0.3) is 0 Å². The highest BCUT2D eigenvalue weighted by atomic mass is 16.5. The van der Waals surface area contributed by atoms with Crippen molar-refractivity contribution in [1.29, 1.82) is 0 Å². The number of carbonyl (C=O) groups excluding carboxylic acids is 1. The van der Waals surface area contributed by atoms with Crippen molar-refractivity contribution < 1.29 is 19.0 Å². The van der Waals surface area contributed by atoms with Crippen molar-refractivity contribution in [2.75, 3.05) is 26.2 Å². The van der Waals surface area contributed by atoms with E-state index in [1.807, 2.05) is 30.3 Å². The number of hydrogen-bond acceptors (Lipinski definition) is 4. The fraction of sp³-hybridized carbons (Fsp3) is 0.409. The van der Waals surface area contributed by atoms with Crippen LogP contribution in [0, 0.1) is 5.92 Å². The fourth-order valence-corrected chi connectivity index (χ4v) is 2.87. The van der Waals surface area contributed by atoms with Gasteiger partial charge in [0, 0.05) is 24.2 Å². The summed E-state index contributed by atoms with van der Waals surface area (Å²) in [4.78, 5) is 14.8. The average Bonchev–Trinajstić information content (AvgIpc) is 2.70. The summed E-state index contributed by atoms with van der Waals surface area (Å²) >= 11 is 0. The first-order valence-corrected chi connectivity index (χ1v) is 9.14. The van der Waals surface area contributed by atoms with Crippen LogP contribution in [0.2, 0.25) is 0 Å². The third-order valence-electron chi connectivity index (χ3n) is 4.44. The van der Waals surface area contributed by atoms with Gasteiger partial charge in [-0.1, -0.05) is 32.0 Å². The van der Waals surface area contributed by atoms with Crippen molar-refractivity contribution in [2.24, 2.45) is 5.92 Å². The highest BCUT2D eigenvalue weighted by molar-refractivity contribution is 5.93. The average molecular weight is 371 g/mol. The molecular formula is C22H29NO4. The van der Waals surface area contributed by atoms with E-state index < -0.39 is 0 Å². The number of anilines is 1. The molecule has 0 fully saturated rings. The van der Waals surface area contributed by atoms with Crippen molar-refractivity contribution in [1.82, 2.24) is 0 Å². The van der Waals surface area contributed by atoms with Gasteiger partial charge in [0.15, 0.2) is 0 Å². The number of nitrogens with zero attached hydrogens (tertiary/aromatic N) is 1. The van der Waals surface area contributed by atoms with Crippen LogP contribution in [-0.2, 0) is 11.3 Å². The van der Waals surface area contributed by atoms with Gasteiger partial charge >= 0.3 is 0 Å². The number of ether oxygens (including phenoxy) is 3. The molecule has 1 amide bonds. The first kappa shape index (κ1) is 20.6. The van der Waals surface area contributed by atoms with Crippen molar-refractivity contribution in [2.45, 2.75) is 33.2 Å². The third kappa shape index (κ3) is 5.39. The normalized spacial score (nSPS) is 10.6. The summed E-state index contributed by atoms with van der Waals surface area (Å²) in [5.74, 6) is 2.45. The van der Waals surface area contributed by atoms with Crippen LogP contribution in [0.1, 0.15) is 32.3 Å². The molecule has 0 atom stereocenters. The molecule has 2 aromatic carbocycles. The number of benzene rings is 2. The van der Waals surface area contributed by atoms with Crippen LogP contribution < -0.4 is 19.1 Å². The second-order valence-electron chi connectivity index (χ2n) is 6.76. The maximum Gasteiger partial charge on any atom is 0.227 e. The topological polar surface area (TPSA) is 48.0 Å². The second-order valence-corrected chi connectivity index (χ2v) is 6.76. The Kier molecular flexibility index (Phi) is 7.53. The van der Waals surface area contributed by atoms with E-state index in [0.717, 1.165) is 17.7 Å². The Morgan fingerprint density at radius 3 is 2.04 bits per heavy atom. The minimum atomic E-state index is 0.0785. The predicted octanol–water partition coefficient (Wildman–Crippen LogP) is 4.68. The molecule has 27 heavy (non-hydrogen) atoms. The summed E-state index contributed by atoms with van der Waals surface area (Å²) in [5.41, 5.74) is 1.66. The van der Waals surface area contributed by atoms with Crippen LogP contribution in [0.4, 0.5) is 5.69 Å². The Morgan fingerprint density at radius 1 is 0.963 bits per heavy atom. The zero-order valence-electron chi connectivity index (χ0n) is 16.8. The van der Waals surface area contributed by atoms with Gasteiger partial charge in [-0.3, -0.25) is 4.79 Å². The van der Waals surface area contributed by atoms with Gasteiger partial charge < -0.3 is 19.1 Å². The lowest BCUT2D eigenvalue weighted by Crippen LogP contribution is -2.30. The molecule has 0 spiro atoms. The molecule has 0 aliphatic carbocycles. The number of rotatable bonds is 9. The summed E-state index contributed by atoms with van der Waals surface area (Å²) in [6.45, 7) is 4.60. The van der Waals surface area contributed by atoms with E-state index in [0.29, 0.717) is 36.1 Å². The van der Waals surface area contributed by atoms with Crippen LogP contribution in [-0.4, -0.2) is 27.2 Å². The van der Waals surface area contributed by atoms with Crippen molar-refractivity contribution >= 4 is 11.6 Å². The summed E-state index contributed by atoms with van der Waals surface area (Å²) in [7, 11) is 4.80. The number of para-hydroxylation sites is 1. The van der Waals surface area contributed by atoms with Crippen LogP contribution in [0.5, 0.6) is 17.2 Å². The van der Waals surface area contributed by atoms with E-state index in [-0.39, 0.29) is 5.91 Å². The maximum absolute atomic E-state index is 13.0. The van der Waals surface area contributed by atoms with Crippen molar-refractivity contribution in [3.05, 3.63) is 48.0 Å². The Bertz CT molecular complexity index is 718. The lowest BCUT2D eigenvalue weighted by atomic mass is 10.1. The highest BCUT2D eigenvalue weighted by Crippen LogP contribution is 2.36. The molecule has 0 radical (unpaired) electrons. The fourth-order valence-electron chi connectivity index (χ4n) is 2.87. The lowest BCUT2D eigenvalue weighted by Gasteiger charge is -2.25. The van der Waals surface area contributed by atoms with E-state index in [1.165, 1.54) is 0 Å². The SMILES string of the molecule is COc1cc(OC)c(CN(C(=O)CCC(C)C)c2ccccc2)c(OC)c1. The molecule has 0 aliphatic rings. The second kappa shape index (κ2) is 9.86. The molecule has 0 aromatic heterocycles. The van der Waals surface area contributed by atoms with Gasteiger partial charge in [-0.05, 0) is 24.5 Å². The van der Waals surface area contributed by atoms with Gasteiger partial charge in [-0.25, -0.2) is 0 Å². The molecule has 0 heterocycles. The summed E-state index contributed by atoms with van der Waals surface area (Å²) < 4.78 is 16.4. The number of methoxy groups -OCH3 is 3. The standard InChI is InChI=1S/C22H29NO4/c1-16(2)11-12-22(24)23(17-9-7-6-8-10-17)15-19-20(26-4)13-18(25-3)14-21(19)27-5/h6-10,13-14,16H,11-12,15H2,1-5H3. The molecule has 5 heteroatoms. The van der Waals surface area contributed by atoms with Crippen LogP contribution >= 0.6 is 0 Å². The summed E-state index contributed by atoms with van der Waals surface area (Å²) in [6, 6.07) is 13.3. The first-order chi connectivity index (χ1) is 13.0. The molecule has 146 valence electrons. The maximum atomic E-state index is 13.0. The van der Waals surface area contributed by atoms with Gasteiger partial charge in [0.1, 0.15) is 17.2 Å². The third-order valence-corrected chi connectivity index (χ3v) is 4.44. The van der Waals surface area contributed by atoms with Crippen LogP contribution in [0.25, 0.3) is 0 Å². The van der Waals surface area contributed by atoms with Gasteiger partial charge in [0.05, 0.1) is 33.4 Å². The smallest absolute Gasteiger partial charge is 0.227 e. The molecule has 0 saturated carbocycles. The van der Waals surface area contributed by atoms with Crippen molar-refractivity contribution in [3.8, 4) is 17.2 Å². The summed E-state index contributed by atoms with van der Waals surface area (Å²) in [5, 5.41) is 0. The number of hydrogen-bond donors (Lipinski definition) is 0. The molecule has 0 bridgehead atoms. The first-order valence-electron chi connectivity index (χ1n) is 9.14. The van der Waals surface area contributed by atoms with Crippen LogP contribution in [0.3, 0.4) is 0 Å². The van der Waals surface area contributed by atoms with E-state index >= 15 is 0 Å². The van der Waals surface area contributed by atoms with E-state index in [4.69, 9.17) is 14.2 Å². The Labute approximate surface area is 161 Å². The molecule has 0 aliphatic heterocycles. The lowest BCUT2D eigenvalue weighted by molar-refractivity contribution is -0.119. The molecule has 0 N–H and O–H groups in total. The minimum Gasteiger partial charge on any atom is -0.496 e. The Hall–Kier alpha value is -2.69. The highest BCUT2D eigenvalue weighted by Gasteiger charge is 2.22. The molecule has 2 rings (SSSR count). The molecule has 0 unspecified atom stereocenters. The Balaban J connectivity index is 2.42. The largest absolute Gasteiger partial charge is 0.496 e. The molecule has 5 nitrogen and oxygen atoms in total. The van der Waals surface area contributed by atoms with Crippen molar-refractivity contribution in [3.63, 3.8) is 0 Å². The van der Waals surface area contributed by atoms with E-state index in [2.05, 4.69) is 13.8 Å². The zero-order chi connectivity index (χ0) is 19.8.